The van der Waals surface area contributed by atoms with Gasteiger partial charge in [-0.25, -0.2) is 0 Å². The van der Waals surface area contributed by atoms with E-state index in [4.69, 9.17) is 0 Å². The maximum atomic E-state index is 12.6. The SMILES string of the molecule is CC(=O)Nc1ccc(NC(=O)c2ccc([C@H]3SCC(=O)N3CCc3ccccc3)cc2)cc1. The van der Waals surface area contributed by atoms with E-state index in [0.717, 1.165) is 12.0 Å². The summed E-state index contributed by atoms with van der Waals surface area (Å²) in [5, 5.41) is 5.51. The molecule has 3 amide bonds. The van der Waals surface area contributed by atoms with Crippen molar-refractivity contribution in [1.82, 2.24) is 4.90 Å². The molecule has 0 aliphatic carbocycles. The molecule has 0 unspecified atom stereocenters. The van der Waals surface area contributed by atoms with E-state index >= 15 is 0 Å². The van der Waals surface area contributed by atoms with E-state index in [1.54, 1.807) is 48.2 Å². The third-order valence-electron chi connectivity index (χ3n) is 5.37. The fraction of sp³-hybridized carbons (Fsp3) is 0.192. The summed E-state index contributed by atoms with van der Waals surface area (Å²) in [5.74, 6) is 0.249. The molecule has 1 aliphatic rings. The summed E-state index contributed by atoms with van der Waals surface area (Å²) in [4.78, 5) is 38.1. The molecule has 1 atom stereocenters. The quantitative estimate of drug-likeness (QED) is 0.536. The van der Waals surface area contributed by atoms with Crippen LogP contribution in [0.25, 0.3) is 0 Å². The number of hydrogen-bond donors (Lipinski definition) is 2. The maximum absolute atomic E-state index is 12.6. The minimum atomic E-state index is -0.218. The van der Waals surface area contributed by atoms with Gasteiger partial charge in [-0.1, -0.05) is 42.5 Å². The first-order chi connectivity index (χ1) is 16.0. The zero-order valence-corrected chi connectivity index (χ0v) is 19.1. The number of nitrogens with zero attached hydrogens (tertiary/aromatic N) is 1. The molecular weight excluding hydrogens is 434 g/mol. The molecule has 1 aliphatic heterocycles. The number of hydrogen-bond acceptors (Lipinski definition) is 4. The topological polar surface area (TPSA) is 78.5 Å². The number of carbonyl (C=O) groups excluding carboxylic acids is 3. The molecule has 0 spiro atoms. The van der Waals surface area contributed by atoms with Gasteiger partial charge in [0, 0.05) is 30.4 Å². The van der Waals surface area contributed by atoms with Gasteiger partial charge in [-0.15, -0.1) is 11.8 Å². The highest BCUT2D eigenvalue weighted by Gasteiger charge is 2.32. The van der Waals surface area contributed by atoms with Gasteiger partial charge in [0.25, 0.3) is 5.91 Å². The summed E-state index contributed by atoms with van der Waals surface area (Å²) in [6.45, 7) is 2.11. The zero-order chi connectivity index (χ0) is 23.2. The van der Waals surface area contributed by atoms with Crippen LogP contribution in [0.1, 0.15) is 33.8 Å². The summed E-state index contributed by atoms with van der Waals surface area (Å²) in [7, 11) is 0. The Morgan fingerprint density at radius 2 is 1.55 bits per heavy atom. The molecule has 0 aromatic heterocycles. The van der Waals surface area contributed by atoms with Crippen LogP contribution >= 0.6 is 11.8 Å². The fourth-order valence-corrected chi connectivity index (χ4v) is 4.93. The molecular formula is C26H25N3O3S. The summed E-state index contributed by atoms with van der Waals surface area (Å²) in [6, 6.07) is 24.5. The largest absolute Gasteiger partial charge is 0.326 e. The van der Waals surface area contributed by atoms with Crippen LogP contribution in [0.4, 0.5) is 11.4 Å². The molecule has 1 fully saturated rings. The van der Waals surface area contributed by atoms with Gasteiger partial charge in [0.2, 0.25) is 11.8 Å². The average Bonchev–Trinajstić information content (AvgIpc) is 3.19. The molecule has 3 aromatic carbocycles. The van der Waals surface area contributed by atoms with Gasteiger partial charge in [0.1, 0.15) is 5.37 Å². The molecule has 2 N–H and O–H groups in total. The second kappa shape index (κ2) is 10.4. The summed E-state index contributed by atoms with van der Waals surface area (Å²) in [6.07, 6.45) is 0.810. The van der Waals surface area contributed by atoms with E-state index in [-0.39, 0.29) is 23.1 Å². The van der Waals surface area contributed by atoms with Gasteiger partial charge in [-0.2, -0.15) is 0 Å². The lowest BCUT2D eigenvalue weighted by molar-refractivity contribution is -0.128. The molecule has 0 radical (unpaired) electrons. The van der Waals surface area contributed by atoms with Crippen LogP contribution in [0, 0.1) is 0 Å². The fourth-order valence-electron chi connectivity index (χ4n) is 3.71. The van der Waals surface area contributed by atoms with E-state index < -0.39 is 0 Å². The van der Waals surface area contributed by atoms with Crippen LogP contribution in [0.5, 0.6) is 0 Å². The Morgan fingerprint density at radius 3 is 2.18 bits per heavy atom. The van der Waals surface area contributed by atoms with E-state index in [1.807, 2.05) is 35.2 Å². The predicted molar refractivity (Wildman–Crippen MR) is 132 cm³/mol. The Bertz CT molecular complexity index is 1130. The Kier molecular flexibility index (Phi) is 7.10. The van der Waals surface area contributed by atoms with Crippen LogP contribution in [0.3, 0.4) is 0 Å². The first kappa shape index (κ1) is 22.6. The van der Waals surface area contributed by atoms with E-state index in [0.29, 0.717) is 29.2 Å². The molecule has 33 heavy (non-hydrogen) atoms. The lowest BCUT2D eigenvalue weighted by Gasteiger charge is -2.24. The highest BCUT2D eigenvalue weighted by Crippen LogP contribution is 2.38. The van der Waals surface area contributed by atoms with E-state index in [2.05, 4.69) is 22.8 Å². The normalized spacial score (nSPS) is 15.4. The van der Waals surface area contributed by atoms with Crippen molar-refractivity contribution in [3.63, 3.8) is 0 Å². The molecule has 4 rings (SSSR count). The number of nitrogens with one attached hydrogen (secondary N) is 2. The van der Waals surface area contributed by atoms with Crippen molar-refractivity contribution in [2.45, 2.75) is 18.7 Å². The van der Waals surface area contributed by atoms with Crippen molar-refractivity contribution in [3.8, 4) is 0 Å². The molecule has 168 valence electrons. The smallest absolute Gasteiger partial charge is 0.255 e. The highest BCUT2D eigenvalue weighted by molar-refractivity contribution is 8.00. The first-order valence-electron chi connectivity index (χ1n) is 10.7. The van der Waals surface area contributed by atoms with Gasteiger partial charge >= 0.3 is 0 Å². The third-order valence-corrected chi connectivity index (χ3v) is 6.63. The standard InChI is InChI=1S/C26H25N3O3S/c1-18(30)27-22-11-13-23(14-12-22)28-25(32)20-7-9-21(10-8-20)26-29(24(31)17-33-26)16-15-19-5-3-2-4-6-19/h2-14,26H,15-17H2,1H3,(H,27,30)(H,28,32)/t26-/m1/s1. The van der Waals surface area contributed by atoms with Crippen LogP contribution in [0.2, 0.25) is 0 Å². The second-order valence-corrected chi connectivity index (χ2v) is 8.89. The van der Waals surface area contributed by atoms with Crippen molar-refractivity contribution < 1.29 is 14.4 Å². The van der Waals surface area contributed by atoms with Gasteiger partial charge in [0.15, 0.2) is 0 Å². The Morgan fingerprint density at radius 1 is 0.909 bits per heavy atom. The monoisotopic (exact) mass is 459 g/mol. The van der Waals surface area contributed by atoms with Crippen molar-refractivity contribution >= 4 is 40.9 Å². The number of anilines is 2. The lowest BCUT2D eigenvalue weighted by atomic mass is 10.1. The van der Waals surface area contributed by atoms with Crippen molar-refractivity contribution in [2.24, 2.45) is 0 Å². The molecule has 0 bridgehead atoms. The number of benzene rings is 3. The van der Waals surface area contributed by atoms with Gasteiger partial charge in [0.05, 0.1) is 5.75 Å². The molecule has 1 saturated heterocycles. The summed E-state index contributed by atoms with van der Waals surface area (Å²) in [5.41, 5.74) is 4.07. The van der Waals surface area contributed by atoms with Crippen molar-refractivity contribution in [2.75, 3.05) is 22.9 Å². The van der Waals surface area contributed by atoms with Gasteiger partial charge < -0.3 is 15.5 Å². The predicted octanol–water partition coefficient (Wildman–Crippen LogP) is 4.71. The zero-order valence-electron chi connectivity index (χ0n) is 18.3. The minimum Gasteiger partial charge on any atom is -0.326 e. The molecule has 3 aromatic rings. The summed E-state index contributed by atoms with van der Waals surface area (Å²) >= 11 is 1.62. The average molecular weight is 460 g/mol. The van der Waals surface area contributed by atoms with Crippen LogP contribution < -0.4 is 10.6 Å². The Balaban J connectivity index is 1.38. The molecule has 1 heterocycles. The van der Waals surface area contributed by atoms with E-state index in [9.17, 15) is 14.4 Å². The Labute approximate surface area is 197 Å². The maximum Gasteiger partial charge on any atom is 0.255 e. The van der Waals surface area contributed by atoms with Crippen molar-refractivity contribution in [1.29, 1.82) is 0 Å². The molecule has 0 saturated carbocycles. The van der Waals surface area contributed by atoms with Crippen LogP contribution in [-0.2, 0) is 16.0 Å². The Hall–Kier alpha value is -3.58. The minimum absolute atomic E-state index is 0.0420. The lowest BCUT2D eigenvalue weighted by Crippen LogP contribution is -2.30. The van der Waals surface area contributed by atoms with Crippen molar-refractivity contribution in [3.05, 3.63) is 95.6 Å². The second-order valence-electron chi connectivity index (χ2n) is 7.82. The van der Waals surface area contributed by atoms with Crippen LogP contribution in [0.15, 0.2) is 78.9 Å². The van der Waals surface area contributed by atoms with Gasteiger partial charge in [-0.05, 0) is 53.9 Å². The number of thioether (sulfide) groups is 1. The first-order valence-corrected chi connectivity index (χ1v) is 11.8. The third kappa shape index (κ3) is 5.81. The van der Waals surface area contributed by atoms with E-state index in [1.165, 1.54) is 12.5 Å². The molecule has 7 heteroatoms. The number of carbonyl (C=O) groups is 3. The number of rotatable bonds is 7. The van der Waals surface area contributed by atoms with Gasteiger partial charge in [-0.3, -0.25) is 14.4 Å². The van der Waals surface area contributed by atoms with Crippen LogP contribution in [-0.4, -0.2) is 34.9 Å². The number of amides is 3. The molecule has 6 nitrogen and oxygen atoms in total. The summed E-state index contributed by atoms with van der Waals surface area (Å²) < 4.78 is 0. The highest BCUT2D eigenvalue weighted by atomic mass is 32.2.